The van der Waals surface area contributed by atoms with Crippen LogP contribution in [0.5, 0.6) is 11.5 Å². The number of hydrogen-bond acceptors (Lipinski definition) is 4. The van der Waals surface area contributed by atoms with E-state index >= 15 is 0 Å². The summed E-state index contributed by atoms with van der Waals surface area (Å²) in [6.45, 7) is 2.68. The Morgan fingerprint density at radius 1 is 1.33 bits per heavy atom. The van der Waals surface area contributed by atoms with Gasteiger partial charge in [-0.3, -0.25) is 0 Å². The Hall–Kier alpha value is -0.870. The number of para-hydroxylation sites is 2. The normalized spacial score (nSPS) is 18.8. The van der Waals surface area contributed by atoms with E-state index < -0.39 is 0 Å². The fourth-order valence-electron chi connectivity index (χ4n) is 2.02. The first-order valence-corrected chi connectivity index (χ1v) is 7.60. The second kappa shape index (κ2) is 7.54. The summed E-state index contributed by atoms with van der Waals surface area (Å²) in [6.07, 6.45) is 1.35. The number of ether oxygens (including phenoxy) is 2. The molecule has 1 aliphatic heterocycles. The van der Waals surface area contributed by atoms with E-state index in [9.17, 15) is 0 Å². The first kappa shape index (κ1) is 13.6. The zero-order valence-corrected chi connectivity index (χ0v) is 11.7. The third-order valence-electron chi connectivity index (χ3n) is 3.06. The van der Waals surface area contributed by atoms with Gasteiger partial charge in [0.25, 0.3) is 0 Å². The van der Waals surface area contributed by atoms with E-state index in [1.807, 2.05) is 24.3 Å². The summed E-state index contributed by atoms with van der Waals surface area (Å²) in [5.41, 5.74) is 0. The second-order valence-electron chi connectivity index (χ2n) is 4.43. The molecule has 3 nitrogen and oxygen atoms in total. The lowest BCUT2D eigenvalue weighted by Gasteiger charge is -2.12. The summed E-state index contributed by atoms with van der Waals surface area (Å²) >= 11 is 2.06. The zero-order chi connectivity index (χ0) is 12.6. The first-order valence-electron chi connectivity index (χ1n) is 6.44. The lowest BCUT2D eigenvalue weighted by molar-refractivity contribution is 0.290. The predicted octanol–water partition coefficient (Wildman–Crippen LogP) is 2.42. The number of benzene rings is 1. The minimum atomic E-state index is 0.681. The molecule has 2 rings (SSSR count). The topological polar surface area (TPSA) is 30.5 Å². The fourth-order valence-corrected chi connectivity index (χ4v) is 3.31. The molecule has 18 heavy (non-hydrogen) atoms. The molecule has 1 atom stereocenters. The van der Waals surface area contributed by atoms with Gasteiger partial charge in [-0.05, 0) is 42.5 Å². The van der Waals surface area contributed by atoms with Crippen molar-refractivity contribution in [2.24, 2.45) is 5.92 Å². The Labute approximate surface area is 113 Å². The van der Waals surface area contributed by atoms with Crippen LogP contribution < -0.4 is 14.8 Å². The second-order valence-corrected chi connectivity index (χ2v) is 5.58. The van der Waals surface area contributed by atoms with Crippen molar-refractivity contribution in [2.45, 2.75) is 6.42 Å². The lowest BCUT2D eigenvalue weighted by Crippen LogP contribution is -2.27. The van der Waals surface area contributed by atoms with Crippen LogP contribution in [0, 0.1) is 5.92 Å². The van der Waals surface area contributed by atoms with Crippen LogP contribution in [0.1, 0.15) is 6.42 Å². The molecule has 0 aliphatic carbocycles. The maximum atomic E-state index is 5.70. The van der Waals surface area contributed by atoms with Gasteiger partial charge in [-0.1, -0.05) is 12.1 Å². The van der Waals surface area contributed by atoms with Crippen molar-refractivity contribution in [3.05, 3.63) is 24.3 Å². The number of hydrogen-bond donors (Lipinski definition) is 1. The van der Waals surface area contributed by atoms with Gasteiger partial charge in [0.1, 0.15) is 6.61 Å². The van der Waals surface area contributed by atoms with E-state index in [1.54, 1.807) is 7.11 Å². The molecule has 1 saturated heterocycles. The largest absolute Gasteiger partial charge is 0.493 e. The molecule has 1 fully saturated rings. The minimum absolute atomic E-state index is 0.681. The smallest absolute Gasteiger partial charge is 0.161 e. The molecule has 0 aromatic heterocycles. The summed E-state index contributed by atoms with van der Waals surface area (Å²) in [6, 6.07) is 7.76. The van der Waals surface area contributed by atoms with E-state index in [2.05, 4.69) is 17.1 Å². The number of methoxy groups -OCH3 is 1. The van der Waals surface area contributed by atoms with Crippen LogP contribution in [0.25, 0.3) is 0 Å². The van der Waals surface area contributed by atoms with Gasteiger partial charge in [0, 0.05) is 6.54 Å². The van der Waals surface area contributed by atoms with E-state index in [1.165, 1.54) is 17.9 Å². The number of thioether (sulfide) groups is 1. The fraction of sp³-hybridized carbons (Fsp3) is 0.571. The van der Waals surface area contributed by atoms with Gasteiger partial charge in [0.2, 0.25) is 0 Å². The van der Waals surface area contributed by atoms with Crippen LogP contribution in [0.4, 0.5) is 0 Å². The summed E-state index contributed by atoms with van der Waals surface area (Å²) < 4.78 is 10.9. The van der Waals surface area contributed by atoms with Gasteiger partial charge < -0.3 is 14.8 Å². The number of rotatable bonds is 7. The Morgan fingerprint density at radius 3 is 2.89 bits per heavy atom. The minimum Gasteiger partial charge on any atom is -0.493 e. The van der Waals surface area contributed by atoms with Crippen molar-refractivity contribution < 1.29 is 9.47 Å². The van der Waals surface area contributed by atoms with Gasteiger partial charge >= 0.3 is 0 Å². The Kier molecular flexibility index (Phi) is 5.68. The molecule has 100 valence electrons. The van der Waals surface area contributed by atoms with E-state index in [-0.39, 0.29) is 0 Å². The lowest BCUT2D eigenvalue weighted by atomic mass is 10.1. The van der Waals surface area contributed by atoms with Gasteiger partial charge in [0.05, 0.1) is 7.11 Å². The van der Waals surface area contributed by atoms with Crippen molar-refractivity contribution in [3.63, 3.8) is 0 Å². The van der Waals surface area contributed by atoms with Gasteiger partial charge in [-0.2, -0.15) is 11.8 Å². The monoisotopic (exact) mass is 267 g/mol. The molecule has 1 N–H and O–H groups in total. The van der Waals surface area contributed by atoms with Crippen molar-refractivity contribution in [3.8, 4) is 11.5 Å². The van der Waals surface area contributed by atoms with Gasteiger partial charge in [-0.25, -0.2) is 0 Å². The highest BCUT2D eigenvalue weighted by Crippen LogP contribution is 2.25. The highest BCUT2D eigenvalue weighted by molar-refractivity contribution is 7.99. The molecule has 0 bridgehead atoms. The van der Waals surface area contributed by atoms with Crippen LogP contribution in [0.15, 0.2) is 24.3 Å². The van der Waals surface area contributed by atoms with Crippen LogP contribution in [-0.2, 0) is 0 Å². The molecule has 0 saturated carbocycles. The molecule has 1 heterocycles. The van der Waals surface area contributed by atoms with Gasteiger partial charge in [0.15, 0.2) is 11.5 Å². The van der Waals surface area contributed by atoms with Crippen molar-refractivity contribution in [2.75, 3.05) is 38.3 Å². The maximum absolute atomic E-state index is 5.70. The Bertz CT molecular complexity index is 353. The highest BCUT2D eigenvalue weighted by Gasteiger charge is 2.14. The third kappa shape index (κ3) is 4.10. The highest BCUT2D eigenvalue weighted by atomic mass is 32.2. The molecule has 4 heteroatoms. The van der Waals surface area contributed by atoms with Crippen LogP contribution in [-0.4, -0.2) is 38.3 Å². The summed E-state index contributed by atoms with van der Waals surface area (Å²) in [7, 11) is 1.66. The van der Waals surface area contributed by atoms with E-state index in [0.29, 0.717) is 6.61 Å². The molecule has 0 spiro atoms. The molecule has 0 radical (unpaired) electrons. The Balaban J connectivity index is 1.62. The third-order valence-corrected chi connectivity index (χ3v) is 4.29. The Morgan fingerprint density at radius 2 is 2.17 bits per heavy atom. The van der Waals surface area contributed by atoms with Crippen molar-refractivity contribution in [1.82, 2.24) is 5.32 Å². The van der Waals surface area contributed by atoms with Crippen LogP contribution >= 0.6 is 11.8 Å². The van der Waals surface area contributed by atoms with E-state index in [0.717, 1.165) is 30.5 Å². The molecule has 1 unspecified atom stereocenters. The zero-order valence-electron chi connectivity index (χ0n) is 10.9. The van der Waals surface area contributed by atoms with Crippen molar-refractivity contribution >= 4 is 11.8 Å². The van der Waals surface area contributed by atoms with E-state index in [4.69, 9.17) is 9.47 Å². The van der Waals surface area contributed by atoms with Gasteiger partial charge in [-0.15, -0.1) is 0 Å². The molecular weight excluding hydrogens is 246 g/mol. The average Bonchev–Trinajstić information content (AvgIpc) is 2.92. The molecule has 1 aliphatic rings. The summed E-state index contributed by atoms with van der Waals surface area (Å²) in [5.74, 6) is 5.09. The summed E-state index contributed by atoms with van der Waals surface area (Å²) in [5, 5.41) is 3.46. The quantitative estimate of drug-likeness (QED) is 0.769. The first-order chi connectivity index (χ1) is 8.90. The SMILES string of the molecule is COc1ccccc1OCCNCC1CCSC1. The van der Waals surface area contributed by atoms with Crippen LogP contribution in [0.3, 0.4) is 0 Å². The molecule has 1 aromatic rings. The van der Waals surface area contributed by atoms with Crippen molar-refractivity contribution in [1.29, 1.82) is 0 Å². The standard InChI is InChI=1S/C14H21NO2S/c1-16-13-4-2-3-5-14(13)17-8-7-15-10-12-6-9-18-11-12/h2-5,12,15H,6-11H2,1H3. The molecule has 0 amide bonds. The molecular formula is C14H21NO2S. The predicted molar refractivity (Wildman–Crippen MR) is 76.8 cm³/mol. The van der Waals surface area contributed by atoms with Crippen LogP contribution in [0.2, 0.25) is 0 Å². The molecule has 1 aromatic carbocycles. The maximum Gasteiger partial charge on any atom is 0.161 e. The summed E-state index contributed by atoms with van der Waals surface area (Å²) in [4.78, 5) is 0. The number of nitrogens with one attached hydrogen (secondary N) is 1. The average molecular weight is 267 g/mol.